The topological polar surface area (TPSA) is 107 Å². The molecule has 0 bridgehead atoms. The molecular formula is C18H19ClN2O6S. The molecular weight excluding hydrogens is 408 g/mol. The molecule has 0 aliphatic heterocycles. The van der Waals surface area contributed by atoms with E-state index >= 15 is 0 Å². The van der Waals surface area contributed by atoms with Crippen molar-refractivity contribution >= 4 is 33.3 Å². The molecule has 0 heterocycles. The van der Waals surface area contributed by atoms with Crippen molar-refractivity contribution in [2.24, 2.45) is 0 Å². The summed E-state index contributed by atoms with van der Waals surface area (Å²) in [5.74, 6) is -0.611. The van der Waals surface area contributed by atoms with Crippen molar-refractivity contribution in [1.82, 2.24) is 4.31 Å². The van der Waals surface area contributed by atoms with Crippen LogP contribution < -0.4 is 0 Å². The van der Waals surface area contributed by atoms with Crippen LogP contribution in [0.1, 0.15) is 19.4 Å². The molecule has 0 unspecified atom stereocenters. The number of hydrogen-bond donors (Lipinski definition) is 0. The third-order valence-electron chi connectivity index (χ3n) is 4.21. The summed E-state index contributed by atoms with van der Waals surface area (Å²) < 4.78 is 31.1. The number of sulfonamides is 1. The summed E-state index contributed by atoms with van der Waals surface area (Å²) in [4.78, 5) is 22.4. The highest BCUT2D eigenvalue weighted by molar-refractivity contribution is 7.89. The largest absolute Gasteiger partial charge is 0.448 e. The first kappa shape index (κ1) is 21.8. The fraction of sp³-hybridized carbons (Fsp3) is 0.278. The van der Waals surface area contributed by atoms with Gasteiger partial charge in [-0.2, -0.15) is 4.31 Å². The van der Waals surface area contributed by atoms with Crippen LogP contribution in [-0.2, 0) is 25.0 Å². The first-order valence-corrected chi connectivity index (χ1v) is 9.92. The molecule has 8 nitrogen and oxygen atoms in total. The van der Waals surface area contributed by atoms with Crippen LogP contribution in [-0.4, -0.2) is 37.4 Å². The predicted molar refractivity (Wildman–Crippen MR) is 103 cm³/mol. The minimum absolute atomic E-state index is 0.145. The van der Waals surface area contributed by atoms with Crippen LogP contribution >= 0.6 is 11.6 Å². The van der Waals surface area contributed by atoms with Crippen LogP contribution in [0.15, 0.2) is 53.4 Å². The number of rotatable bonds is 7. The van der Waals surface area contributed by atoms with Crippen molar-refractivity contribution in [3.8, 4) is 0 Å². The maximum atomic E-state index is 12.5. The monoisotopic (exact) mass is 426 g/mol. The Morgan fingerprint density at radius 2 is 1.68 bits per heavy atom. The van der Waals surface area contributed by atoms with Crippen molar-refractivity contribution in [2.75, 3.05) is 13.8 Å². The number of benzene rings is 2. The van der Waals surface area contributed by atoms with Crippen LogP contribution in [0.3, 0.4) is 0 Å². The molecule has 0 radical (unpaired) electrons. The number of ether oxygens (including phenoxy) is 1. The van der Waals surface area contributed by atoms with Gasteiger partial charge in [-0.1, -0.05) is 23.7 Å². The Kier molecular flexibility index (Phi) is 6.43. The van der Waals surface area contributed by atoms with E-state index in [1.165, 1.54) is 7.05 Å². The van der Waals surface area contributed by atoms with E-state index in [1.807, 2.05) is 0 Å². The quantitative estimate of drug-likeness (QED) is 0.291. The molecule has 0 N–H and O–H groups in total. The molecule has 0 atom stereocenters. The molecule has 10 heteroatoms. The van der Waals surface area contributed by atoms with Gasteiger partial charge in [-0.05, 0) is 43.7 Å². The van der Waals surface area contributed by atoms with Crippen LogP contribution in [0.4, 0.5) is 5.69 Å². The molecule has 0 saturated carbocycles. The third-order valence-corrected chi connectivity index (χ3v) is 6.26. The number of nitrogens with zero attached hydrogens (tertiary/aromatic N) is 2. The summed E-state index contributed by atoms with van der Waals surface area (Å²) in [6, 6.07) is 11.1. The molecule has 28 heavy (non-hydrogen) atoms. The third kappa shape index (κ3) is 4.67. The lowest BCUT2D eigenvalue weighted by atomic mass is 9.85. The first-order valence-electron chi connectivity index (χ1n) is 8.10. The molecule has 2 aromatic carbocycles. The Balaban J connectivity index is 2.09. The maximum Gasteiger partial charge on any atom is 0.317 e. The van der Waals surface area contributed by atoms with E-state index < -0.39 is 33.1 Å². The second-order valence-electron chi connectivity index (χ2n) is 6.55. The summed E-state index contributed by atoms with van der Waals surface area (Å²) in [6.45, 7) is 2.81. The fourth-order valence-electron chi connectivity index (χ4n) is 2.30. The van der Waals surface area contributed by atoms with Crippen LogP contribution in [0.2, 0.25) is 5.02 Å². The number of esters is 1. The van der Waals surface area contributed by atoms with Crippen LogP contribution in [0.5, 0.6) is 0 Å². The van der Waals surface area contributed by atoms with Gasteiger partial charge in [0.25, 0.3) is 5.69 Å². The van der Waals surface area contributed by atoms with E-state index in [0.29, 0.717) is 10.6 Å². The standard InChI is InChI=1S/C18H19ClN2O6S/c1-18(2,13-4-6-14(19)7-5-13)17(22)27-12-20(3)28(25,26)16-10-8-15(9-11-16)21(23)24/h4-11H,12H2,1-3H3. The smallest absolute Gasteiger partial charge is 0.317 e. The first-order chi connectivity index (χ1) is 13.0. The van der Waals surface area contributed by atoms with Crippen molar-refractivity contribution in [3.05, 3.63) is 69.2 Å². The zero-order valence-electron chi connectivity index (χ0n) is 15.5. The van der Waals surface area contributed by atoms with Gasteiger partial charge in [-0.25, -0.2) is 8.42 Å². The minimum Gasteiger partial charge on any atom is -0.448 e. The highest BCUT2D eigenvalue weighted by atomic mass is 35.5. The number of nitro benzene ring substituents is 1. The lowest BCUT2D eigenvalue weighted by Crippen LogP contribution is -2.36. The molecule has 0 spiro atoms. The van der Waals surface area contributed by atoms with Gasteiger partial charge in [0.05, 0.1) is 15.2 Å². The van der Waals surface area contributed by atoms with E-state index in [-0.39, 0.29) is 10.6 Å². The van der Waals surface area contributed by atoms with E-state index in [0.717, 1.165) is 28.6 Å². The Morgan fingerprint density at radius 1 is 1.14 bits per heavy atom. The minimum atomic E-state index is -3.98. The van der Waals surface area contributed by atoms with Crippen LogP contribution in [0, 0.1) is 10.1 Å². The zero-order valence-corrected chi connectivity index (χ0v) is 17.0. The molecule has 150 valence electrons. The lowest BCUT2D eigenvalue weighted by molar-refractivity contribution is -0.384. The molecule has 2 rings (SSSR count). The van der Waals surface area contributed by atoms with Gasteiger partial charge in [-0.15, -0.1) is 0 Å². The fourth-order valence-corrected chi connectivity index (χ4v) is 3.46. The highest BCUT2D eigenvalue weighted by Gasteiger charge is 2.33. The lowest BCUT2D eigenvalue weighted by Gasteiger charge is -2.25. The summed E-state index contributed by atoms with van der Waals surface area (Å²) >= 11 is 5.85. The molecule has 0 aliphatic rings. The van der Waals surface area contributed by atoms with Crippen molar-refractivity contribution in [1.29, 1.82) is 0 Å². The Morgan fingerprint density at radius 3 is 2.18 bits per heavy atom. The Labute approximate surface area is 167 Å². The number of hydrogen-bond acceptors (Lipinski definition) is 6. The highest BCUT2D eigenvalue weighted by Crippen LogP contribution is 2.26. The van der Waals surface area contributed by atoms with Gasteiger partial charge >= 0.3 is 5.97 Å². The number of carbonyl (C=O) groups is 1. The Bertz CT molecular complexity index is 972. The van der Waals surface area contributed by atoms with Gasteiger partial charge in [0.1, 0.15) is 0 Å². The number of non-ortho nitro benzene ring substituents is 1. The van der Waals surface area contributed by atoms with Gasteiger partial charge in [0.2, 0.25) is 10.0 Å². The van der Waals surface area contributed by atoms with Crippen molar-refractivity contribution in [3.63, 3.8) is 0 Å². The summed E-state index contributed by atoms with van der Waals surface area (Å²) in [5, 5.41) is 11.2. The van der Waals surface area contributed by atoms with Crippen molar-refractivity contribution in [2.45, 2.75) is 24.2 Å². The summed E-state index contributed by atoms with van der Waals surface area (Å²) in [7, 11) is -2.73. The predicted octanol–water partition coefficient (Wildman–Crippen LogP) is 3.35. The molecule has 2 aromatic rings. The van der Waals surface area contributed by atoms with E-state index in [4.69, 9.17) is 16.3 Å². The number of halogens is 1. The average Bonchev–Trinajstić information content (AvgIpc) is 2.66. The van der Waals surface area contributed by atoms with Gasteiger partial charge < -0.3 is 4.74 Å². The van der Waals surface area contributed by atoms with E-state index in [1.54, 1.807) is 38.1 Å². The Hall–Kier alpha value is -2.49. The van der Waals surface area contributed by atoms with E-state index in [2.05, 4.69) is 0 Å². The molecule has 0 aromatic heterocycles. The molecule has 0 saturated heterocycles. The van der Waals surface area contributed by atoms with Crippen LogP contribution in [0.25, 0.3) is 0 Å². The summed E-state index contributed by atoms with van der Waals surface area (Å²) in [5.41, 5.74) is -0.566. The maximum absolute atomic E-state index is 12.5. The normalized spacial score (nSPS) is 12.0. The number of nitro groups is 1. The molecule has 0 fully saturated rings. The zero-order chi connectivity index (χ0) is 21.1. The van der Waals surface area contributed by atoms with Gasteiger partial charge in [0.15, 0.2) is 6.73 Å². The second kappa shape index (κ2) is 8.26. The van der Waals surface area contributed by atoms with Crippen molar-refractivity contribution < 1.29 is 22.9 Å². The average molecular weight is 427 g/mol. The SMILES string of the molecule is CN(COC(=O)C(C)(C)c1ccc(Cl)cc1)S(=O)(=O)c1ccc([N+](=O)[O-])cc1. The molecule has 0 aliphatic carbocycles. The van der Waals surface area contributed by atoms with Gasteiger partial charge in [0, 0.05) is 24.2 Å². The van der Waals surface area contributed by atoms with Gasteiger partial charge in [-0.3, -0.25) is 14.9 Å². The molecule has 0 amide bonds. The second-order valence-corrected chi connectivity index (χ2v) is 9.03. The van der Waals surface area contributed by atoms with E-state index in [9.17, 15) is 23.3 Å². The number of carbonyl (C=O) groups excluding carboxylic acids is 1. The summed E-state index contributed by atoms with van der Waals surface area (Å²) in [6.07, 6.45) is 0.